The predicted molar refractivity (Wildman–Crippen MR) is 112 cm³/mol. The third-order valence-electron chi connectivity index (χ3n) is 4.21. The Morgan fingerprint density at radius 2 is 1.88 bits per heavy atom. The summed E-state index contributed by atoms with van der Waals surface area (Å²) >= 11 is 7.06. The zero-order chi connectivity index (χ0) is 24.4. The molecule has 0 N–H and O–H groups in total. The van der Waals surface area contributed by atoms with Crippen molar-refractivity contribution in [1.82, 2.24) is 14.0 Å². The Balaban J connectivity index is 2.53. The average molecular weight is 496 g/mol. The van der Waals surface area contributed by atoms with E-state index in [-0.39, 0.29) is 42.5 Å². The molecule has 2 aromatic rings. The topological polar surface area (TPSA) is 73.5 Å². The van der Waals surface area contributed by atoms with Crippen molar-refractivity contribution in [3.05, 3.63) is 67.4 Å². The Labute approximate surface area is 188 Å². The molecule has 13 heteroatoms. The van der Waals surface area contributed by atoms with Crippen molar-refractivity contribution in [2.45, 2.75) is 11.1 Å². The van der Waals surface area contributed by atoms with E-state index in [1.54, 1.807) is 14.1 Å². The summed E-state index contributed by atoms with van der Waals surface area (Å²) in [6.07, 6.45) is -3.71. The molecule has 32 heavy (non-hydrogen) atoms. The van der Waals surface area contributed by atoms with E-state index in [2.05, 4.69) is 0 Å². The highest BCUT2D eigenvalue weighted by atomic mass is 35.5. The summed E-state index contributed by atoms with van der Waals surface area (Å²) in [7, 11) is 5.26. The number of halogens is 5. The molecule has 0 aliphatic carbocycles. The third-order valence-corrected chi connectivity index (χ3v) is 5.71. The van der Waals surface area contributed by atoms with Crippen LogP contribution >= 0.6 is 23.4 Å². The summed E-state index contributed by atoms with van der Waals surface area (Å²) in [6, 6.07) is 2.12. The summed E-state index contributed by atoms with van der Waals surface area (Å²) < 4.78 is 59.3. The predicted octanol–water partition coefficient (Wildman–Crippen LogP) is 3.06. The normalized spacial score (nSPS) is 12.1. The molecule has 1 aromatic heterocycles. The van der Waals surface area contributed by atoms with Crippen molar-refractivity contribution < 1.29 is 27.1 Å². The number of nitrogens with zero attached hydrogens (tertiary/aromatic N) is 3. The van der Waals surface area contributed by atoms with Gasteiger partial charge in [0.05, 0.1) is 23.6 Å². The molecule has 0 atom stereocenters. The second-order valence-electron chi connectivity index (χ2n) is 6.61. The van der Waals surface area contributed by atoms with Gasteiger partial charge in [-0.25, -0.2) is 13.8 Å². The van der Waals surface area contributed by atoms with Crippen LogP contribution in [0.15, 0.2) is 44.5 Å². The molecule has 1 amide bonds. The largest absolute Gasteiger partial charge is 0.500 e. The summed E-state index contributed by atoms with van der Waals surface area (Å²) in [5.41, 5.74) is -4.76. The highest BCUT2D eigenvalue weighted by Gasteiger charge is 2.35. The number of alkyl halides is 3. The number of aromatic nitrogens is 2. The minimum atomic E-state index is -4.95. The molecule has 1 heterocycles. The highest BCUT2D eigenvalue weighted by molar-refractivity contribution is 7.99. The first-order valence-corrected chi connectivity index (χ1v) is 10.1. The van der Waals surface area contributed by atoms with Crippen molar-refractivity contribution in [3.63, 3.8) is 0 Å². The SMILES string of the molecule is COC(=CC(=O)N(C)C)CSc1cc(-n2c(=O)cc(C(F)(F)F)n(C)c2=O)c(F)cc1Cl. The van der Waals surface area contributed by atoms with Crippen LogP contribution in [0.1, 0.15) is 5.69 Å². The Morgan fingerprint density at radius 3 is 2.41 bits per heavy atom. The van der Waals surface area contributed by atoms with Crippen molar-refractivity contribution in [2.24, 2.45) is 7.05 Å². The van der Waals surface area contributed by atoms with E-state index in [0.717, 1.165) is 30.9 Å². The van der Waals surface area contributed by atoms with Crippen LogP contribution in [0, 0.1) is 5.82 Å². The van der Waals surface area contributed by atoms with Gasteiger partial charge in [0, 0.05) is 38.2 Å². The Hall–Kier alpha value is -2.73. The quantitative estimate of drug-likeness (QED) is 0.266. The molecule has 7 nitrogen and oxygen atoms in total. The minimum absolute atomic E-state index is 0.0672. The van der Waals surface area contributed by atoms with Gasteiger partial charge in [-0.15, -0.1) is 11.8 Å². The van der Waals surface area contributed by atoms with Crippen molar-refractivity contribution >= 4 is 29.3 Å². The van der Waals surface area contributed by atoms with E-state index in [4.69, 9.17) is 16.3 Å². The lowest BCUT2D eigenvalue weighted by atomic mass is 10.3. The monoisotopic (exact) mass is 495 g/mol. The molecule has 0 unspecified atom stereocenters. The van der Waals surface area contributed by atoms with Crippen molar-refractivity contribution in [3.8, 4) is 5.69 Å². The van der Waals surface area contributed by atoms with Gasteiger partial charge in [-0.1, -0.05) is 11.6 Å². The number of hydrogen-bond donors (Lipinski definition) is 0. The van der Waals surface area contributed by atoms with E-state index in [0.29, 0.717) is 0 Å². The fraction of sp³-hybridized carbons (Fsp3) is 0.316. The molecule has 0 aliphatic heterocycles. The first-order chi connectivity index (χ1) is 14.8. The molecule has 0 spiro atoms. The number of hydrogen-bond acceptors (Lipinski definition) is 5. The van der Waals surface area contributed by atoms with E-state index < -0.39 is 34.6 Å². The van der Waals surface area contributed by atoms with Gasteiger partial charge >= 0.3 is 11.9 Å². The number of methoxy groups -OCH3 is 1. The summed E-state index contributed by atoms with van der Waals surface area (Å²) in [4.78, 5) is 38.1. The standard InChI is InChI=1S/C19H18ClF4N3O4S/c1-25(2)16(28)5-10(31-4)9-32-14-7-13(12(21)6-11(14)20)27-17(29)8-15(19(22,23)24)26(3)18(27)30/h5-8H,9H2,1-4H3. The van der Waals surface area contributed by atoms with E-state index in [1.807, 2.05) is 0 Å². The second kappa shape index (κ2) is 9.82. The van der Waals surface area contributed by atoms with Crippen LogP contribution in [0.4, 0.5) is 17.6 Å². The molecule has 0 radical (unpaired) electrons. The number of carbonyl (C=O) groups is 1. The van der Waals surface area contributed by atoms with E-state index in [9.17, 15) is 31.9 Å². The number of rotatable bonds is 6. The van der Waals surface area contributed by atoms with Crippen LogP contribution in [0.2, 0.25) is 5.02 Å². The summed E-state index contributed by atoms with van der Waals surface area (Å²) in [5, 5.41) is -0.0672. The second-order valence-corrected chi connectivity index (χ2v) is 8.04. The summed E-state index contributed by atoms with van der Waals surface area (Å²) in [6.45, 7) is 0. The number of amides is 1. The van der Waals surface area contributed by atoms with Crippen molar-refractivity contribution in [2.75, 3.05) is 27.0 Å². The Morgan fingerprint density at radius 1 is 1.25 bits per heavy atom. The summed E-state index contributed by atoms with van der Waals surface area (Å²) in [5.74, 6) is -1.07. The van der Waals surface area contributed by atoms with Gasteiger partial charge < -0.3 is 9.64 Å². The lowest BCUT2D eigenvalue weighted by molar-refractivity contribution is -0.144. The number of benzene rings is 1. The Bertz CT molecular complexity index is 1190. The van der Waals surface area contributed by atoms with Crippen LogP contribution < -0.4 is 11.2 Å². The number of carbonyl (C=O) groups excluding carboxylic acids is 1. The van der Waals surface area contributed by atoms with E-state index in [1.165, 1.54) is 18.1 Å². The smallest absolute Gasteiger partial charge is 0.431 e. The van der Waals surface area contributed by atoms with Crippen LogP contribution in [0.3, 0.4) is 0 Å². The molecule has 0 saturated heterocycles. The Kier molecular flexibility index (Phi) is 7.83. The number of thioether (sulfide) groups is 1. The highest BCUT2D eigenvalue weighted by Crippen LogP contribution is 2.32. The van der Waals surface area contributed by atoms with Crippen molar-refractivity contribution in [1.29, 1.82) is 0 Å². The zero-order valence-corrected chi connectivity index (χ0v) is 18.9. The number of ether oxygens (including phenoxy) is 1. The van der Waals surface area contributed by atoms with Crippen LogP contribution in [0.25, 0.3) is 5.69 Å². The van der Waals surface area contributed by atoms with Gasteiger partial charge in [0.1, 0.15) is 17.3 Å². The molecular weight excluding hydrogens is 478 g/mol. The maximum atomic E-state index is 14.6. The maximum Gasteiger partial charge on any atom is 0.431 e. The first-order valence-electron chi connectivity index (χ1n) is 8.76. The van der Waals surface area contributed by atoms with Crippen LogP contribution in [0.5, 0.6) is 0 Å². The van der Waals surface area contributed by atoms with Gasteiger partial charge in [-0.05, 0) is 12.1 Å². The lowest BCUT2D eigenvalue weighted by Gasteiger charge is -2.15. The van der Waals surface area contributed by atoms with Gasteiger partial charge in [-0.2, -0.15) is 13.2 Å². The van der Waals surface area contributed by atoms with Gasteiger partial charge in [-0.3, -0.25) is 14.2 Å². The number of likely N-dealkylation sites (N-methyl/N-ethyl adjacent to an activating group) is 1. The molecule has 1 aromatic carbocycles. The van der Waals surface area contributed by atoms with Crippen LogP contribution in [-0.4, -0.2) is 46.9 Å². The molecule has 2 rings (SSSR count). The molecule has 0 bridgehead atoms. The molecule has 0 saturated carbocycles. The molecule has 0 fully saturated rings. The fourth-order valence-corrected chi connectivity index (χ4v) is 3.70. The molecule has 0 aliphatic rings. The van der Waals surface area contributed by atoms with Crippen LogP contribution in [-0.2, 0) is 22.8 Å². The average Bonchev–Trinajstić information content (AvgIpc) is 2.69. The van der Waals surface area contributed by atoms with Gasteiger partial charge in [0.15, 0.2) is 0 Å². The zero-order valence-electron chi connectivity index (χ0n) is 17.3. The van der Waals surface area contributed by atoms with E-state index >= 15 is 0 Å². The molecule has 174 valence electrons. The maximum absolute atomic E-state index is 14.6. The lowest BCUT2D eigenvalue weighted by Crippen LogP contribution is -2.41. The minimum Gasteiger partial charge on any atom is -0.500 e. The molecular formula is C19H18ClF4N3O4S. The van der Waals surface area contributed by atoms with Gasteiger partial charge in [0.25, 0.3) is 5.56 Å². The van der Waals surface area contributed by atoms with Gasteiger partial charge in [0.2, 0.25) is 5.91 Å². The first kappa shape index (κ1) is 25.5. The fourth-order valence-electron chi connectivity index (χ4n) is 2.49. The third kappa shape index (κ3) is 5.54.